The van der Waals surface area contributed by atoms with E-state index in [4.69, 9.17) is 5.11 Å². The van der Waals surface area contributed by atoms with Crippen LogP contribution in [0.1, 0.15) is 26.7 Å². The second kappa shape index (κ2) is 5.86. The number of carbonyl (C=O) groups is 2. The van der Waals surface area contributed by atoms with Crippen LogP contribution in [0, 0.1) is 5.92 Å². The molecule has 1 aliphatic rings. The summed E-state index contributed by atoms with van der Waals surface area (Å²) < 4.78 is 0. The van der Waals surface area contributed by atoms with Crippen LogP contribution in [0.2, 0.25) is 0 Å². The van der Waals surface area contributed by atoms with Crippen molar-refractivity contribution in [1.82, 2.24) is 10.2 Å². The van der Waals surface area contributed by atoms with E-state index in [9.17, 15) is 14.7 Å². The zero-order valence-corrected chi connectivity index (χ0v) is 10.2. The Morgan fingerprint density at radius 3 is 2.29 bits per heavy atom. The molecule has 0 unspecified atom stereocenters. The fourth-order valence-corrected chi connectivity index (χ4v) is 1.82. The molecule has 1 aliphatic heterocycles. The van der Waals surface area contributed by atoms with E-state index in [0.717, 1.165) is 12.8 Å². The number of urea groups is 1. The quantitative estimate of drug-likeness (QED) is 0.664. The predicted molar refractivity (Wildman–Crippen MR) is 61.6 cm³/mol. The smallest absolute Gasteiger partial charge is 0.328 e. The lowest BCUT2D eigenvalue weighted by Crippen LogP contribution is -2.53. The number of hydrogen-bond donors (Lipinski definition) is 3. The number of carbonyl (C=O) groups excluding carboxylic acids is 1. The summed E-state index contributed by atoms with van der Waals surface area (Å²) in [5.41, 5.74) is 0. The summed E-state index contributed by atoms with van der Waals surface area (Å²) in [6, 6.07) is -1.66. The maximum absolute atomic E-state index is 11.8. The molecule has 0 aromatic rings. The van der Waals surface area contributed by atoms with Crippen LogP contribution < -0.4 is 5.32 Å². The molecule has 98 valence electrons. The summed E-state index contributed by atoms with van der Waals surface area (Å²) in [5, 5.41) is 20.4. The molecular formula is C11H20N2O4. The lowest BCUT2D eigenvalue weighted by atomic mass is 9.99. The van der Waals surface area contributed by atoms with Crippen molar-refractivity contribution in [3.8, 4) is 0 Å². The molecule has 1 heterocycles. The lowest BCUT2D eigenvalue weighted by Gasteiger charge is -2.31. The fraction of sp³-hybridized carbons (Fsp3) is 0.818. The summed E-state index contributed by atoms with van der Waals surface area (Å²) in [6.07, 6.45) is 0.750. The highest BCUT2D eigenvalue weighted by Gasteiger charge is 2.28. The number of amides is 2. The van der Waals surface area contributed by atoms with Gasteiger partial charge in [0.15, 0.2) is 6.04 Å². The molecular weight excluding hydrogens is 224 g/mol. The number of likely N-dealkylation sites (tertiary alicyclic amines) is 1. The Bertz CT molecular complexity index is 285. The molecule has 1 fully saturated rings. The third-order valence-electron chi connectivity index (χ3n) is 3.10. The summed E-state index contributed by atoms with van der Waals surface area (Å²) in [5.74, 6) is -0.621. The number of nitrogens with one attached hydrogen (secondary N) is 1. The average Bonchev–Trinajstić information content (AvgIpc) is 2.25. The molecule has 3 N–H and O–H groups in total. The number of carboxylic acids is 1. The number of piperidine rings is 1. The molecule has 2 amide bonds. The minimum atomic E-state index is -1.25. The number of aliphatic hydroxyl groups excluding tert-OH is 1. The molecule has 6 nitrogen and oxygen atoms in total. The highest BCUT2D eigenvalue weighted by Crippen LogP contribution is 2.15. The Hall–Kier alpha value is -1.30. The maximum Gasteiger partial charge on any atom is 0.328 e. The zero-order valence-electron chi connectivity index (χ0n) is 10.2. The van der Waals surface area contributed by atoms with Gasteiger partial charge in [0.05, 0.1) is 6.10 Å². The molecule has 0 aromatic carbocycles. The third-order valence-corrected chi connectivity index (χ3v) is 3.10. The van der Waals surface area contributed by atoms with Crippen LogP contribution in [0.5, 0.6) is 0 Å². The number of aliphatic hydroxyl groups is 1. The Balaban J connectivity index is 2.50. The molecule has 0 aromatic heterocycles. The van der Waals surface area contributed by atoms with Crippen LogP contribution in [-0.4, -0.2) is 52.3 Å². The van der Waals surface area contributed by atoms with Crippen molar-refractivity contribution in [2.75, 3.05) is 13.1 Å². The normalized spacial score (nSPS) is 20.8. The molecule has 1 saturated heterocycles. The maximum atomic E-state index is 11.8. The molecule has 0 saturated carbocycles. The number of hydrogen-bond acceptors (Lipinski definition) is 3. The van der Waals surface area contributed by atoms with Crippen LogP contribution in [-0.2, 0) is 4.79 Å². The fourth-order valence-electron chi connectivity index (χ4n) is 1.82. The average molecular weight is 244 g/mol. The monoisotopic (exact) mass is 244 g/mol. The first-order valence-corrected chi connectivity index (χ1v) is 5.88. The van der Waals surface area contributed by atoms with Crippen molar-refractivity contribution in [3.05, 3.63) is 0 Å². The summed E-state index contributed by atoms with van der Waals surface area (Å²) in [4.78, 5) is 24.2. The van der Waals surface area contributed by atoms with Gasteiger partial charge in [0.2, 0.25) is 0 Å². The van der Waals surface area contributed by atoms with Crippen molar-refractivity contribution in [2.45, 2.75) is 38.8 Å². The van der Waals surface area contributed by atoms with Gasteiger partial charge in [-0.15, -0.1) is 0 Å². The second-order valence-electron chi connectivity index (χ2n) is 4.68. The van der Waals surface area contributed by atoms with E-state index in [1.165, 1.54) is 6.92 Å². The first-order chi connectivity index (χ1) is 7.91. The van der Waals surface area contributed by atoms with Gasteiger partial charge in [-0.05, 0) is 25.7 Å². The van der Waals surface area contributed by atoms with Gasteiger partial charge in [0, 0.05) is 13.1 Å². The van der Waals surface area contributed by atoms with Crippen LogP contribution in [0.3, 0.4) is 0 Å². The minimum absolute atomic E-state index is 0.412. The Morgan fingerprint density at radius 1 is 1.35 bits per heavy atom. The molecule has 0 spiro atoms. The van der Waals surface area contributed by atoms with E-state index < -0.39 is 24.1 Å². The summed E-state index contributed by atoms with van der Waals surface area (Å²) >= 11 is 0. The van der Waals surface area contributed by atoms with E-state index in [2.05, 4.69) is 12.2 Å². The van der Waals surface area contributed by atoms with Gasteiger partial charge in [0.1, 0.15) is 0 Å². The van der Waals surface area contributed by atoms with Crippen LogP contribution in [0.25, 0.3) is 0 Å². The summed E-state index contributed by atoms with van der Waals surface area (Å²) in [7, 11) is 0. The minimum Gasteiger partial charge on any atom is -0.480 e. The van der Waals surface area contributed by atoms with E-state index in [0.29, 0.717) is 19.0 Å². The van der Waals surface area contributed by atoms with Crippen molar-refractivity contribution in [1.29, 1.82) is 0 Å². The molecule has 2 atom stereocenters. The lowest BCUT2D eigenvalue weighted by molar-refractivity contribution is -0.141. The van der Waals surface area contributed by atoms with E-state index in [-0.39, 0.29) is 0 Å². The predicted octanol–water partition coefficient (Wildman–Crippen LogP) is 0.262. The molecule has 17 heavy (non-hydrogen) atoms. The zero-order chi connectivity index (χ0) is 13.0. The van der Waals surface area contributed by atoms with Gasteiger partial charge in [-0.25, -0.2) is 9.59 Å². The SMILES string of the molecule is CC1CCN(C(=O)N[C@H](C(=O)O)[C@@H](C)O)CC1. The van der Waals surface area contributed by atoms with Crippen LogP contribution in [0.4, 0.5) is 4.79 Å². The van der Waals surface area contributed by atoms with E-state index in [1.54, 1.807) is 4.90 Å². The Morgan fingerprint density at radius 2 is 1.88 bits per heavy atom. The standard InChI is InChI=1S/C11H20N2O4/c1-7-3-5-13(6-4-7)11(17)12-9(8(2)14)10(15)16/h7-9,14H,3-6H2,1-2H3,(H,12,17)(H,15,16)/t8-,9+/m1/s1. The van der Waals surface area contributed by atoms with Gasteiger partial charge in [-0.1, -0.05) is 6.92 Å². The van der Waals surface area contributed by atoms with Gasteiger partial charge < -0.3 is 20.4 Å². The first-order valence-electron chi connectivity index (χ1n) is 5.88. The molecule has 0 aliphatic carbocycles. The Labute approximate surface area is 101 Å². The number of nitrogens with zero attached hydrogens (tertiary/aromatic N) is 1. The van der Waals surface area contributed by atoms with Crippen molar-refractivity contribution in [3.63, 3.8) is 0 Å². The topological polar surface area (TPSA) is 89.9 Å². The molecule has 0 radical (unpaired) electrons. The van der Waals surface area contributed by atoms with Gasteiger partial charge in [0.25, 0.3) is 0 Å². The van der Waals surface area contributed by atoms with Gasteiger partial charge in [-0.2, -0.15) is 0 Å². The second-order valence-corrected chi connectivity index (χ2v) is 4.68. The van der Waals surface area contributed by atoms with Gasteiger partial charge >= 0.3 is 12.0 Å². The Kier molecular flexibility index (Phi) is 4.74. The highest BCUT2D eigenvalue weighted by molar-refractivity contribution is 5.83. The summed E-state index contributed by atoms with van der Waals surface area (Å²) in [6.45, 7) is 4.75. The van der Waals surface area contributed by atoms with Crippen molar-refractivity contribution in [2.24, 2.45) is 5.92 Å². The van der Waals surface area contributed by atoms with Crippen LogP contribution in [0.15, 0.2) is 0 Å². The third kappa shape index (κ3) is 3.89. The largest absolute Gasteiger partial charge is 0.480 e. The van der Waals surface area contributed by atoms with Crippen molar-refractivity contribution >= 4 is 12.0 Å². The van der Waals surface area contributed by atoms with Gasteiger partial charge in [-0.3, -0.25) is 0 Å². The molecule has 0 bridgehead atoms. The first kappa shape index (κ1) is 13.8. The highest BCUT2D eigenvalue weighted by atomic mass is 16.4. The van der Waals surface area contributed by atoms with Crippen LogP contribution >= 0.6 is 0 Å². The number of aliphatic carboxylic acids is 1. The molecule has 6 heteroatoms. The van der Waals surface area contributed by atoms with E-state index in [1.807, 2.05) is 0 Å². The number of rotatable bonds is 3. The van der Waals surface area contributed by atoms with E-state index >= 15 is 0 Å². The number of carboxylic acid groups (broad SMARTS) is 1. The van der Waals surface area contributed by atoms with Crippen molar-refractivity contribution < 1.29 is 19.8 Å². The molecule has 1 rings (SSSR count).